The van der Waals surface area contributed by atoms with Crippen molar-refractivity contribution in [2.75, 3.05) is 13.7 Å². The Labute approximate surface area is 94.7 Å². The minimum Gasteiger partial charge on any atom is -0.469 e. The summed E-state index contributed by atoms with van der Waals surface area (Å²) in [6, 6.07) is 0. The third-order valence-electron chi connectivity index (χ3n) is 3.00. The number of methoxy groups -OCH3 is 1. The Bertz CT molecular complexity index is 276. The molecule has 0 bridgehead atoms. The average Bonchev–Trinajstić information content (AvgIpc) is 2.27. The highest BCUT2D eigenvalue weighted by atomic mass is 16.5. The monoisotopic (exact) mass is 230 g/mol. The normalized spacial score (nSPS) is 32.2. The minimum atomic E-state index is -0.798. The third kappa shape index (κ3) is 2.59. The second kappa shape index (κ2) is 5.41. The molecule has 0 unspecified atom stereocenters. The van der Waals surface area contributed by atoms with Gasteiger partial charge in [0.15, 0.2) is 5.78 Å². The van der Waals surface area contributed by atoms with Crippen molar-refractivity contribution >= 4 is 11.8 Å². The van der Waals surface area contributed by atoms with Gasteiger partial charge in [-0.3, -0.25) is 9.59 Å². The maximum atomic E-state index is 11.4. The van der Waals surface area contributed by atoms with E-state index in [1.807, 2.05) is 6.92 Å². The van der Waals surface area contributed by atoms with Crippen molar-refractivity contribution in [3.8, 4) is 0 Å². The second-order valence-electron chi connectivity index (χ2n) is 4.23. The molecule has 5 nitrogen and oxygen atoms in total. The molecule has 0 aromatic rings. The van der Waals surface area contributed by atoms with Crippen LogP contribution < -0.4 is 0 Å². The molecule has 1 saturated heterocycles. The summed E-state index contributed by atoms with van der Waals surface area (Å²) in [5.74, 6) is -0.933. The molecule has 0 aromatic carbocycles. The molecule has 4 atom stereocenters. The molecule has 92 valence electrons. The molecule has 1 aliphatic rings. The summed E-state index contributed by atoms with van der Waals surface area (Å²) in [5, 5.41) is 8.98. The molecule has 0 amide bonds. The summed E-state index contributed by atoms with van der Waals surface area (Å²) in [6.45, 7) is 3.22. The van der Waals surface area contributed by atoms with E-state index in [0.717, 1.165) is 0 Å². The zero-order chi connectivity index (χ0) is 12.3. The predicted molar refractivity (Wildman–Crippen MR) is 55.7 cm³/mol. The van der Waals surface area contributed by atoms with Gasteiger partial charge in [-0.1, -0.05) is 6.92 Å². The Morgan fingerprint density at radius 2 is 2.31 bits per heavy atom. The summed E-state index contributed by atoms with van der Waals surface area (Å²) < 4.78 is 10.1. The Hall–Kier alpha value is -0.940. The van der Waals surface area contributed by atoms with Crippen LogP contribution in [0, 0.1) is 11.8 Å². The van der Waals surface area contributed by atoms with Crippen LogP contribution in [0.2, 0.25) is 0 Å². The molecule has 1 heterocycles. The summed E-state index contributed by atoms with van der Waals surface area (Å²) in [5.41, 5.74) is 0. The van der Waals surface area contributed by atoms with Crippen molar-refractivity contribution in [3.63, 3.8) is 0 Å². The largest absolute Gasteiger partial charge is 0.469 e. The predicted octanol–water partition coefficient (Wildman–Crippen LogP) is 0.150. The van der Waals surface area contributed by atoms with E-state index in [2.05, 4.69) is 4.74 Å². The van der Waals surface area contributed by atoms with E-state index in [9.17, 15) is 9.59 Å². The topological polar surface area (TPSA) is 72.8 Å². The number of esters is 1. The molecular formula is C11H18O5. The fourth-order valence-electron chi connectivity index (χ4n) is 2.04. The Balaban J connectivity index is 2.72. The van der Waals surface area contributed by atoms with E-state index in [1.54, 1.807) is 6.92 Å². The average molecular weight is 230 g/mol. The first-order valence-corrected chi connectivity index (χ1v) is 5.38. The van der Waals surface area contributed by atoms with Crippen molar-refractivity contribution < 1.29 is 24.2 Å². The Morgan fingerprint density at radius 1 is 1.69 bits per heavy atom. The molecule has 0 aromatic heterocycles. The van der Waals surface area contributed by atoms with Gasteiger partial charge in [-0.05, 0) is 12.8 Å². The lowest BCUT2D eigenvalue weighted by atomic mass is 9.86. The van der Waals surface area contributed by atoms with E-state index in [0.29, 0.717) is 6.42 Å². The SMILES string of the molecule is COC(=O)[C@H](C)[C@H]1O[C@H](CO)C(=O)C[C@@H]1C. The van der Waals surface area contributed by atoms with Crippen LogP contribution in [0.1, 0.15) is 20.3 Å². The lowest BCUT2D eigenvalue weighted by molar-refractivity contribution is -0.170. The van der Waals surface area contributed by atoms with Crippen LogP contribution in [0.4, 0.5) is 0 Å². The van der Waals surface area contributed by atoms with Gasteiger partial charge >= 0.3 is 5.97 Å². The number of carbonyl (C=O) groups is 2. The number of aliphatic hydroxyl groups excluding tert-OH is 1. The number of ketones is 1. The van der Waals surface area contributed by atoms with Gasteiger partial charge in [0, 0.05) is 6.42 Å². The van der Waals surface area contributed by atoms with Crippen LogP contribution in [0.25, 0.3) is 0 Å². The summed E-state index contributed by atoms with van der Waals surface area (Å²) >= 11 is 0. The number of ether oxygens (including phenoxy) is 2. The van der Waals surface area contributed by atoms with Crippen LogP contribution in [0.3, 0.4) is 0 Å². The highest BCUT2D eigenvalue weighted by Crippen LogP contribution is 2.28. The van der Waals surface area contributed by atoms with Gasteiger partial charge in [-0.2, -0.15) is 0 Å². The number of carbonyl (C=O) groups excluding carboxylic acids is 2. The molecule has 1 N–H and O–H groups in total. The molecule has 0 saturated carbocycles. The molecule has 0 radical (unpaired) electrons. The van der Waals surface area contributed by atoms with E-state index in [1.165, 1.54) is 7.11 Å². The van der Waals surface area contributed by atoms with Gasteiger partial charge in [0.2, 0.25) is 0 Å². The maximum absolute atomic E-state index is 11.4. The smallest absolute Gasteiger partial charge is 0.311 e. The van der Waals surface area contributed by atoms with Crippen LogP contribution >= 0.6 is 0 Å². The summed E-state index contributed by atoms with van der Waals surface area (Å²) in [6.07, 6.45) is -0.840. The Morgan fingerprint density at radius 3 is 2.81 bits per heavy atom. The number of Topliss-reactive ketones (excluding diaryl/α,β-unsaturated/α-hetero) is 1. The minimum absolute atomic E-state index is 0.0376. The van der Waals surface area contributed by atoms with Crippen LogP contribution in [0.5, 0.6) is 0 Å². The molecule has 1 rings (SSSR count). The van der Waals surface area contributed by atoms with Gasteiger partial charge in [0.25, 0.3) is 0 Å². The molecule has 16 heavy (non-hydrogen) atoms. The van der Waals surface area contributed by atoms with Gasteiger partial charge in [-0.25, -0.2) is 0 Å². The van der Waals surface area contributed by atoms with Crippen molar-refractivity contribution in [1.29, 1.82) is 0 Å². The zero-order valence-corrected chi connectivity index (χ0v) is 9.80. The van der Waals surface area contributed by atoms with Crippen molar-refractivity contribution in [2.24, 2.45) is 11.8 Å². The fourth-order valence-corrected chi connectivity index (χ4v) is 2.04. The van der Waals surface area contributed by atoms with E-state index >= 15 is 0 Å². The highest BCUT2D eigenvalue weighted by molar-refractivity contribution is 5.84. The number of aliphatic hydroxyl groups is 1. The lowest BCUT2D eigenvalue weighted by Gasteiger charge is -2.35. The quantitative estimate of drug-likeness (QED) is 0.699. The Kier molecular flexibility index (Phi) is 4.44. The van der Waals surface area contributed by atoms with Crippen molar-refractivity contribution in [2.45, 2.75) is 32.5 Å². The number of hydrogen-bond acceptors (Lipinski definition) is 5. The summed E-state index contributed by atoms with van der Waals surface area (Å²) in [7, 11) is 1.32. The van der Waals surface area contributed by atoms with Crippen LogP contribution in [-0.2, 0) is 19.1 Å². The first kappa shape index (κ1) is 13.1. The number of hydrogen-bond donors (Lipinski definition) is 1. The third-order valence-corrected chi connectivity index (χ3v) is 3.00. The van der Waals surface area contributed by atoms with E-state index < -0.39 is 12.0 Å². The standard InChI is InChI=1S/C11H18O5/c1-6-4-8(13)9(5-12)16-10(6)7(2)11(14)15-3/h6-7,9-10,12H,4-5H2,1-3H3/t6-,7+,9+,10-/m0/s1. The zero-order valence-electron chi connectivity index (χ0n) is 9.80. The van der Waals surface area contributed by atoms with Gasteiger partial charge in [0.05, 0.1) is 25.7 Å². The molecule has 1 aliphatic heterocycles. The summed E-state index contributed by atoms with van der Waals surface area (Å²) in [4.78, 5) is 22.8. The lowest BCUT2D eigenvalue weighted by Crippen LogP contribution is -2.47. The fraction of sp³-hybridized carbons (Fsp3) is 0.818. The number of rotatable bonds is 3. The molecule has 1 fully saturated rings. The van der Waals surface area contributed by atoms with Gasteiger partial charge in [0.1, 0.15) is 6.10 Å². The highest BCUT2D eigenvalue weighted by Gasteiger charge is 2.39. The van der Waals surface area contributed by atoms with Gasteiger partial charge < -0.3 is 14.6 Å². The first-order chi connectivity index (χ1) is 7.51. The molecule has 5 heteroatoms. The first-order valence-electron chi connectivity index (χ1n) is 5.38. The van der Waals surface area contributed by atoms with E-state index in [4.69, 9.17) is 9.84 Å². The van der Waals surface area contributed by atoms with Crippen LogP contribution in [-0.4, -0.2) is 42.8 Å². The van der Waals surface area contributed by atoms with Crippen molar-refractivity contribution in [1.82, 2.24) is 0 Å². The van der Waals surface area contributed by atoms with Crippen molar-refractivity contribution in [3.05, 3.63) is 0 Å². The molecular weight excluding hydrogens is 212 g/mol. The second-order valence-corrected chi connectivity index (χ2v) is 4.23. The van der Waals surface area contributed by atoms with Crippen LogP contribution in [0.15, 0.2) is 0 Å². The molecule has 0 aliphatic carbocycles. The van der Waals surface area contributed by atoms with E-state index in [-0.39, 0.29) is 30.4 Å². The maximum Gasteiger partial charge on any atom is 0.311 e. The van der Waals surface area contributed by atoms with Gasteiger partial charge in [-0.15, -0.1) is 0 Å². The molecule has 0 spiro atoms.